The van der Waals surface area contributed by atoms with Gasteiger partial charge in [0.1, 0.15) is 5.69 Å². The molecular weight excluding hydrogens is 152 g/mol. The van der Waals surface area contributed by atoms with Crippen molar-refractivity contribution in [1.82, 2.24) is 9.88 Å². The molecule has 1 aromatic heterocycles. The molecule has 3 nitrogen and oxygen atoms in total. The van der Waals surface area contributed by atoms with E-state index in [4.69, 9.17) is 0 Å². The molecule has 3 heteroatoms. The van der Waals surface area contributed by atoms with Crippen molar-refractivity contribution in [2.24, 2.45) is 7.05 Å². The van der Waals surface area contributed by atoms with Crippen molar-refractivity contribution in [1.29, 1.82) is 0 Å². The van der Waals surface area contributed by atoms with Crippen LogP contribution in [0.5, 0.6) is 0 Å². The van der Waals surface area contributed by atoms with E-state index in [1.165, 1.54) is 0 Å². The molecule has 0 spiro atoms. The van der Waals surface area contributed by atoms with Crippen molar-refractivity contribution in [3.63, 3.8) is 0 Å². The third kappa shape index (κ3) is 1.87. The summed E-state index contributed by atoms with van der Waals surface area (Å²) in [7, 11) is 1.86. The molecule has 0 saturated heterocycles. The fourth-order valence-corrected chi connectivity index (χ4v) is 1.03. The standard InChI is InChI=1S/C9H14N2O/c1-7(2)10-9(12)8-5-4-6-11(8)3/h4-7H,1-3H3,(H,10,12). The van der Waals surface area contributed by atoms with Crippen LogP contribution in [0.15, 0.2) is 18.3 Å². The molecule has 0 fully saturated rings. The van der Waals surface area contributed by atoms with E-state index in [1.807, 2.05) is 33.2 Å². The van der Waals surface area contributed by atoms with Gasteiger partial charge in [-0.1, -0.05) is 0 Å². The summed E-state index contributed by atoms with van der Waals surface area (Å²) in [5.74, 6) is -0.0162. The zero-order chi connectivity index (χ0) is 9.14. The molecule has 1 N–H and O–H groups in total. The summed E-state index contributed by atoms with van der Waals surface area (Å²) < 4.78 is 1.80. The number of aromatic nitrogens is 1. The molecule has 0 radical (unpaired) electrons. The number of rotatable bonds is 2. The molecule has 0 unspecified atom stereocenters. The average molecular weight is 166 g/mol. The van der Waals surface area contributed by atoms with Crippen molar-refractivity contribution >= 4 is 5.91 Å². The highest BCUT2D eigenvalue weighted by molar-refractivity contribution is 5.92. The zero-order valence-electron chi connectivity index (χ0n) is 7.66. The summed E-state index contributed by atoms with van der Waals surface area (Å²) in [5.41, 5.74) is 0.698. The van der Waals surface area contributed by atoms with E-state index < -0.39 is 0 Å². The zero-order valence-corrected chi connectivity index (χ0v) is 7.66. The molecule has 0 bridgehead atoms. The number of aryl methyl sites for hydroxylation is 1. The number of nitrogens with zero attached hydrogens (tertiary/aromatic N) is 1. The van der Waals surface area contributed by atoms with Gasteiger partial charge in [0, 0.05) is 19.3 Å². The summed E-state index contributed by atoms with van der Waals surface area (Å²) in [6, 6.07) is 3.85. The van der Waals surface area contributed by atoms with Crippen molar-refractivity contribution in [3.05, 3.63) is 24.0 Å². The monoisotopic (exact) mass is 166 g/mol. The Bertz CT molecular complexity index is 276. The number of nitrogens with one attached hydrogen (secondary N) is 1. The Balaban J connectivity index is 2.72. The third-order valence-corrected chi connectivity index (χ3v) is 1.60. The number of hydrogen-bond acceptors (Lipinski definition) is 1. The second-order valence-electron chi connectivity index (χ2n) is 3.13. The highest BCUT2D eigenvalue weighted by Crippen LogP contribution is 1.99. The molecule has 0 aliphatic carbocycles. The summed E-state index contributed by atoms with van der Waals surface area (Å²) in [4.78, 5) is 11.4. The molecule has 1 rings (SSSR count). The van der Waals surface area contributed by atoms with Crippen molar-refractivity contribution in [3.8, 4) is 0 Å². The van der Waals surface area contributed by atoms with Crippen molar-refractivity contribution in [2.45, 2.75) is 19.9 Å². The Hall–Kier alpha value is -1.25. The predicted molar refractivity (Wildman–Crippen MR) is 48.0 cm³/mol. The lowest BCUT2D eigenvalue weighted by Gasteiger charge is -2.08. The van der Waals surface area contributed by atoms with Gasteiger partial charge in [-0.2, -0.15) is 0 Å². The minimum Gasteiger partial charge on any atom is -0.349 e. The lowest BCUT2D eigenvalue weighted by molar-refractivity contribution is 0.0935. The quantitative estimate of drug-likeness (QED) is 0.703. The second-order valence-corrected chi connectivity index (χ2v) is 3.13. The van der Waals surface area contributed by atoms with E-state index in [9.17, 15) is 4.79 Å². The normalized spacial score (nSPS) is 10.3. The summed E-state index contributed by atoms with van der Waals surface area (Å²) in [5, 5.41) is 2.83. The molecule has 1 heterocycles. The molecule has 0 atom stereocenters. The molecule has 0 aliphatic rings. The fraction of sp³-hybridized carbons (Fsp3) is 0.444. The first-order chi connectivity index (χ1) is 5.61. The average Bonchev–Trinajstić information content (AvgIpc) is 2.33. The smallest absolute Gasteiger partial charge is 0.268 e. The predicted octanol–water partition coefficient (Wildman–Crippen LogP) is 1.16. The van der Waals surface area contributed by atoms with Gasteiger partial charge in [-0.25, -0.2) is 0 Å². The first-order valence-electron chi connectivity index (χ1n) is 4.03. The number of carbonyl (C=O) groups excluding carboxylic acids is 1. The third-order valence-electron chi connectivity index (χ3n) is 1.60. The van der Waals surface area contributed by atoms with Crippen LogP contribution < -0.4 is 5.32 Å². The maximum atomic E-state index is 11.4. The minimum absolute atomic E-state index is 0.0162. The van der Waals surface area contributed by atoms with E-state index in [-0.39, 0.29) is 11.9 Å². The molecule has 0 aromatic carbocycles. The largest absolute Gasteiger partial charge is 0.349 e. The van der Waals surface area contributed by atoms with Crippen molar-refractivity contribution < 1.29 is 4.79 Å². The van der Waals surface area contributed by atoms with E-state index >= 15 is 0 Å². The number of hydrogen-bond donors (Lipinski definition) is 1. The highest BCUT2D eigenvalue weighted by atomic mass is 16.2. The summed E-state index contributed by atoms with van der Waals surface area (Å²) >= 11 is 0. The Labute approximate surface area is 72.4 Å². The number of carbonyl (C=O) groups is 1. The van der Waals surface area contributed by atoms with Crippen LogP contribution in [0.4, 0.5) is 0 Å². The SMILES string of the molecule is CC(C)NC(=O)c1cccn1C. The Morgan fingerprint density at radius 1 is 1.58 bits per heavy atom. The lowest BCUT2D eigenvalue weighted by Crippen LogP contribution is -2.31. The maximum Gasteiger partial charge on any atom is 0.268 e. The van der Waals surface area contributed by atoms with Crippen molar-refractivity contribution in [2.75, 3.05) is 0 Å². The van der Waals surface area contributed by atoms with Gasteiger partial charge in [0.2, 0.25) is 0 Å². The van der Waals surface area contributed by atoms with Crippen LogP contribution in [0.2, 0.25) is 0 Å². The second kappa shape index (κ2) is 3.43. The Morgan fingerprint density at radius 3 is 2.67 bits per heavy atom. The van der Waals surface area contributed by atoms with Gasteiger partial charge >= 0.3 is 0 Å². The lowest BCUT2D eigenvalue weighted by atomic mass is 10.3. The van der Waals surface area contributed by atoms with E-state index in [2.05, 4.69) is 5.32 Å². The molecule has 1 amide bonds. The van der Waals surface area contributed by atoms with Crippen LogP contribution in [-0.2, 0) is 7.05 Å². The van der Waals surface area contributed by atoms with Gasteiger partial charge in [0.25, 0.3) is 5.91 Å². The van der Waals surface area contributed by atoms with Crippen LogP contribution in [0.25, 0.3) is 0 Å². The molecule has 0 saturated carbocycles. The minimum atomic E-state index is -0.0162. The first kappa shape index (κ1) is 8.84. The molecule has 12 heavy (non-hydrogen) atoms. The van der Waals surface area contributed by atoms with Gasteiger partial charge in [0.15, 0.2) is 0 Å². The van der Waals surface area contributed by atoms with Gasteiger partial charge in [-0.3, -0.25) is 4.79 Å². The maximum absolute atomic E-state index is 11.4. The van der Waals surface area contributed by atoms with E-state index in [1.54, 1.807) is 10.6 Å². The van der Waals surface area contributed by atoms with E-state index in [0.29, 0.717) is 5.69 Å². The van der Waals surface area contributed by atoms with Gasteiger partial charge in [-0.15, -0.1) is 0 Å². The van der Waals surface area contributed by atoms with Gasteiger partial charge < -0.3 is 9.88 Å². The van der Waals surface area contributed by atoms with Crippen LogP contribution in [0.3, 0.4) is 0 Å². The first-order valence-corrected chi connectivity index (χ1v) is 4.03. The van der Waals surface area contributed by atoms with Crippen LogP contribution >= 0.6 is 0 Å². The van der Waals surface area contributed by atoms with Gasteiger partial charge in [0.05, 0.1) is 0 Å². The topological polar surface area (TPSA) is 34.0 Å². The summed E-state index contributed by atoms with van der Waals surface area (Å²) in [6.45, 7) is 3.89. The van der Waals surface area contributed by atoms with E-state index in [0.717, 1.165) is 0 Å². The summed E-state index contributed by atoms with van der Waals surface area (Å²) in [6.07, 6.45) is 1.86. The number of amides is 1. The Morgan fingerprint density at radius 2 is 2.25 bits per heavy atom. The molecule has 1 aromatic rings. The fourth-order valence-electron chi connectivity index (χ4n) is 1.03. The van der Waals surface area contributed by atoms with Crippen LogP contribution in [0.1, 0.15) is 24.3 Å². The molecule has 66 valence electrons. The highest BCUT2D eigenvalue weighted by Gasteiger charge is 2.08. The Kier molecular flexibility index (Phi) is 2.53. The van der Waals surface area contributed by atoms with Crippen LogP contribution in [0, 0.1) is 0 Å². The molecule has 0 aliphatic heterocycles. The molecular formula is C9H14N2O. The van der Waals surface area contributed by atoms with Gasteiger partial charge in [-0.05, 0) is 26.0 Å². The van der Waals surface area contributed by atoms with Crippen LogP contribution in [-0.4, -0.2) is 16.5 Å².